The smallest absolute Gasteiger partial charge is 0.251 e. The van der Waals surface area contributed by atoms with E-state index in [1.54, 1.807) is 17.6 Å². The van der Waals surface area contributed by atoms with Crippen LogP contribution in [0.15, 0.2) is 23.0 Å². The summed E-state index contributed by atoms with van der Waals surface area (Å²) in [4.78, 5) is 42.1. The fraction of sp³-hybridized carbons (Fsp3) is 0.682. The van der Waals surface area contributed by atoms with E-state index in [9.17, 15) is 14.4 Å². The summed E-state index contributed by atoms with van der Waals surface area (Å²) >= 11 is 0. The summed E-state index contributed by atoms with van der Waals surface area (Å²) < 4.78 is 1.69. The number of rotatable bonds is 6. The Bertz CT molecular complexity index is 815. The molecule has 0 aromatic carbocycles. The average Bonchev–Trinajstić information content (AvgIpc) is 3.22. The Morgan fingerprint density at radius 2 is 1.93 bits per heavy atom. The lowest BCUT2D eigenvalue weighted by Crippen LogP contribution is -2.54. The number of hydrogen-bond donors (Lipinski definition) is 1. The van der Waals surface area contributed by atoms with Gasteiger partial charge in [0.1, 0.15) is 6.04 Å². The van der Waals surface area contributed by atoms with Crippen molar-refractivity contribution in [1.82, 2.24) is 19.7 Å². The first-order chi connectivity index (χ1) is 14.0. The number of unbranched alkanes of at least 4 members (excludes halogenated alkanes) is 1. The molecule has 29 heavy (non-hydrogen) atoms. The molecule has 1 N–H and O–H groups in total. The predicted molar refractivity (Wildman–Crippen MR) is 111 cm³/mol. The Balaban J connectivity index is 1.43. The number of fused-ring (bicyclic) bond motifs is 4. The van der Waals surface area contributed by atoms with Gasteiger partial charge < -0.3 is 15.1 Å². The molecule has 0 radical (unpaired) electrons. The van der Waals surface area contributed by atoms with E-state index in [1.165, 1.54) is 32.0 Å². The fourth-order valence-electron chi connectivity index (χ4n) is 5.31. The van der Waals surface area contributed by atoms with Gasteiger partial charge in [0.15, 0.2) is 0 Å². The first kappa shape index (κ1) is 20.1. The molecule has 4 rings (SSSR count). The van der Waals surface area contributed by atoms with Crippen LogP contribution in [-0.4, -0.2) is 65.4 Å². The molecule has 7 heteroatoms. The lowest BCUT2D eigenvalue weighted by atomic mass is 9.78. The predicted octanol–water partition coefficient (Wildman–Crippen LogP) is 1.35. The van der Waals surface area contributed by atoms with Crippen LogP contribution in [-0.2, 0) is 9.59 Å². The molecule has 2 fully saturated rings. The summed E-state index contributed by atoms with van der Waals surface area (Å²) in [5, 5.41) is 3.07. The first-order valence-corrected chi connectivity index (χ1v) is 11.0. The molecule has 1 aromatic rings. The summed E-state index contributed by atoms with van der Waals surface area (Å²) in [6.07, 6.45) is 5.46. The van der Waals surface area contributed by atoms with Crippen molar-refractivity contribution >= 4 is 11.8 Å². The maximum absolute atomic E-state index is 13.1. The van der Waals surface area contributed by atoms with Gasteiger partial charge in [-0.2, -0.15) is 0 Å². The number of carbonyl (C=O) groups is 2. The molecule has 0 unspecified atom stereocenters. The quantitative estimate of drug-likeness (QED) is 0.732. The van der Waals surface area contributed by atoms with Gasteiger partial charge in [-0.3, -0.25) is 19.0 Å². The molecule has 7 nitrogen and oxygen atoms in total. The van der Waals surface area contributed by atoms with Gasteiger partial charge in [-0.05, 0) is 57.8 Å². The lowest BCUT2D eigenvalue weighted by Gasteiger charge is -2.46. The Labute approximate surface area is 172 Å². The monoisotopic (exact) mass is 400 g/mol. The third-order valence-electron chi connectivity index (χ3n) is 6.76. The maximum atomic E-state index is 13.1. The number of hydrogen-bond acceptors (Lipinski definition) is 4. The summed E-state index contributed by atoms with van der Waals surface area (Å²) in [5.41, 5.74) is 0.761. The number of amides is 2. The van der Waals surface area contributed by atoms with Crippen molar-refractivity contribution in [2.75, 3.05) is 39.3 Å². The van der Waals surface area contributed by atoms with Crippen LogP contribution in [0.5, 0.6) is 0 Å². The van der Waals surface area contributed by atoms with E-state index in [0.717, 1.165) is 31.5 Å². The molecule has 1 aromatic heterocycles. The van der Waals surface area contributed by atoms with Crippen LogP contribution < -0.4 is 10.9 Å². The zero-order valence-corrected chi connectivity index (χ0v) is 17.3. The van der Waals surface area contributed by atoms with Gasteiger partial charge in [0.05, 0.1) is 0 Å². The maximum Gasteiger partial charge on any atom is 0.251 e. The van der Waals surface area contributed by atoms with Crippen molar-refractivity contribution < 1.29 is 9.59 Å². The minimum Gasteiger partial charge on any atom is -0.354 e. The van der Waals surface area contributed by atoms with E-state index in [1.807, 2.05) is 11.0 Å². The Morgan fingerprint density at radius 1 is 1.14 bits per heavy atom. The van der Waals surface area contributed by atoms with E-state index in [2.05, 4.69) is 10.2 Å². The number of carbonyl (C=O) groups excluding carboxylic acids is 2. The topological polar surface area (TPSA) is 74.7 Å². The van der Waals surface area contributed by atoms with Crippen LogP contribution in [0, 0.1) is 5.92 Å². The van der Waals surface area contributed by atoms with Crippen molar-refractivity contribution in [2.45, 2.75) is 51.0 Å². The third-order valence-corrected chi connectivity index (χ3v) is 6.76. The Hall–Kier alpha value is -2.15. The minimum atomic E-state index is -0.532. The normalized spacial score (nSPS) is 26.2. The van der Waals surface area contributed by atoms with E-state index in [-0.39, 0.29) is 29.2 Å². The van der Waals surface area contributed by atoms with E-state index in [0.29, 0.717) is 19.6 Å². The Kier molecular flexibility index (Phi) is 6.04. The van der Waals surface area contributed by atoms with Crippen LogP contribution in [0.2, 0.25) is 0 Å². The molecule has 4 heterocycles. The molecular formula is C22H32N4O3. The molecule has 2 amide bonds. The second kappa shape index (κ2) is 8.69. The standard InChI is InChI=1S/C22H32N4O3/c1-16(27)25-14-17-13-18(15-25)21(26-19(17)7-6-8-20(26)28)22(29)23-9-2-3-10-24-11-4-5-12-24/h6-8,17-18,21H,2-5,9-15H2,1H3,(H,23,29)/t17-,18+,21-/m1/s1. The van der Waals surface area contributed by atoms with Gasteiger partial charge in [-0.1, -0.05) is 6.07 Å². The van der Waals surface area contributed by atoms with Crippen LogP contribution in [0.25, 0.3) is 0 Å². The highest BCUT2D eigenvalue weighted by molar-refractivity contribution is 5.81. The highest BCUT2D eigenvalue weighted by Crippen LogP contribution is 2.41. The zero-order chi connectivity index (χ0) is 20.4. The number of piperidine rings is 1. The molecule has 0 spiro atoms. The van der Waals surface area contributed by atoms with Gasteiger partial charge in [-0.15, -0.1) is 0 Å². The lowest BCUT2D eigenvalue weighted by molar-refractivity contribution is -0.135. The van der Waals surface area contributed by atoms with Crippen molar-refractivity contribution in [3.63, 3.8) is 0 Å². The summed E-state index contributed by atoms with van der Waals surface area (Å²) in [6, 6.07) is 4.69. The summed E-state index contributed by atoms with van der Waals surface area (Å²) in [6.45, 7) is 6.87. The highest BCUT2D eigenvalue weighted by Gasteiger charge is 2.44. The number of aromatic nitrogens is 1. The zero-order valence-electron chi connectivity index (χ0n) is 17.3. The molecule has 3 aliphatic heterocycles. The number of pyridine rings is 1. The van der Waals surface area contributed by atoms with Crippen molar-refractivity contribution in [3.05, 3.63) is 34.2 Å². The van der Waals surface area contributed by atoms with Crippen LogP contribution in [0.3, 0.4) is 0 Å². The molecular weight excluding hydrogens is 368 g/mol. The van der Waals surface area contributed by atoms with Crippen molar-refractivity contribution in [2.24, 2.45) is 5.92 Å². The SMILES string of the molecule is CC(=O)N1C[C@H]2C[C@@H](C1)[C@H](C(=O)NCCCCN1CCCC1)n1c2cccc1=O. The van der Waals surface area contributed by atoms with Crippen LogP contribution in [0.4, 0.5) is 0 Å². The molecule has 3 aliphatic rings. The molecule has 3 atom stereocenters. The van der Waals surface area contributed by atoms with Crippen LogP contribution in [0.1, 0.15) is 56.7 Å². The molecule has 2 bridgehead atoms. The average molecular weight is 401 g/mol. The van der Waals surface area contributed by atoms with Crippen molar-refractivity contribution in [3.8, 4) is 0 Å². The van der Waals surface area contributed by atoms with Gasteiger partial charge in [0, 0.05) is 50.2 Å². The fourth-order valence-corrected chi connectivity index (χ4v) is 5.31. The van der Waals surface area contributed by atoms with Gasteiger partial charge >= 0.3 is 0 Å². The van der Waals surface area contributed by atoms with Crippen molar-refractivity contribution in [1.29, 1.82) is 0 Å². The van der Waals surface area contributed by atoms with Gasteiger partial charge in [0.25, 0.3) is 5.56 Å². The number of nitrogens with zero attached hydrogens (tertiary/aromatic N) is 3. The van der Waals surface area contributed by atoms with Gasteiger partial charge in [-0.25, -0.2) is 0 Å². The molecule has 2 saturated heterocycles. The summed E-state index contributed by atoms with van der Waals surface area (Å²) in [5.74, 6) is 0.0491. The second-order valence-corrected chi connectivity index (χ2v) is 8.77. The third kappa shape index (κ3) is 4.25. The van der Waals surface area contributed by atoms with E-state index >= 15 is 0 Å². The largest absolute Gasteiger partial charge is 0.354 e. The molecule has 158 valence electrons. The van der Waals surface area contributed by atoms with E-state index in [4.69, 9.17) is 0 Å². The number of likely N-dealkylation sites (tertiary alicyclic amines) is 2. The second-order valence-electron chi connectivity index (χ2n) is 8.77. The number of nitrogens with one attached hydrogen (secondary N) is 1. The highest BCUT2D eigenvalue weighted by atomic mass is 16.2. The minimum absolute atomic E-state index is 0.0187. The van der Waals surface area contributed by atoms with Crippen LogP contribution >= 0.6 is 0 Å². The van der Waals surface area contributed by atoms with E-state index < -0.39 is 6.04 Å². The molecule has 0 aliphatic carbocycles. The van der Waals surface area contributed by atoms with Gasteiger partial charge in [0.2, 0.25) is 11.8 Å². The first-order valence-electron chi connectivity index (χ1n) is 11.0. The molecule has 0 saturated carbocycles. The Morgan fingerprint density at radius 3 is 2.69 bits per heavy atom. The summed E-state index contributed by atoms with van der Waals surface area (Å²) in [7, 11) is 0.